The van der Waals surface area contributed by atoms with Crippen molar-refractivity contribution in [2.45, 2.75) is 37.5 Å². The second-order valence-corrected chi connectivity index (χ2v) is 7.75. The van der Waals surface area contributed by atoms with Gasteiger partial charge in [-0.15, -0.1) is 16.4 Å². The van der Waals surface area contributed by atoms with E-state index in [1.54, 1.807) is 0 Å². The van der Waals surface area contributed by atoms with E-state index >= 15 is 0 Å². The van der Waals surface area contributed by atoms with E-state index in [9.17, 15) is 0 Å². The maximum Gasteiger partial charge on any atom is 0.252 e. The first-order valence-corrected chi connectivity index (χ1v) is 9.41. The van der Waals surface area contributed by atoms with Crippen LogP contribution in [0.2, 0.25) is 0 Å². The van der Waals surface area contributed by atoms with Crippen LogP contribution in [0.4, 0.5) is 0 Å². The standard InChI is InChI=1S/C21H25N2S.ClH/c1-5-23-20(18-14-10-7-11-15-18)21(24-16(2)3)19(22(23)4)17-12-8-6-9-13-17;/h6-16H,5H2,1-4H3;1H/q+1;/p-1. The lowest BCUT2D eigenvalue weighted by Gasteiger charge is -2.06. The molecule has 25 heavy (non-hydrogen) atoms. The molecule has 0 unspecified atom stereocenters. The molecule has 3 aromatic rings. The van der Waals surface area contributed by atoms with Gasteiger partial charge in [0.1, 0.15) is 10.6 Å². The zero-order valence-corrected chi connectivity index (χ0v) is 16.8. The van der Waals surface area contributed by atoms with Gasteiger partial charge in [0.05, 0.1) is 7.05 Å². The fourth-order valence-corrected chi connectivity index (χ4v) is 4.32. The molecule has 0 N–H and O–H groups in total. The first kappa shape index (κ1) is 19.6. The third-order valence-electron chi connectivity index (χ3n) is 4.12. The summed E-state index contributed by atoms with van der Waals surface area (Å²) in [4.78, 5) is 1.37. The van der Waals surface area contributed by atoms with Crippen LogP contribution in [0.15, 0.2) is 65.6 Å². The van der Waals surface area contributed by atoms with Crippen LogP contribution in [0.1, 0.15) is 20.8 Å². The summed E-state index contributed by atoms with van der Waals surface area (Å²) >= 11 is 1.95. The van der Waals surface area contributed by atoms with Gasteiger partial charge >= 0.3 is 0 Å². The molecule has 2 aromatic carbocycles. The van der Waals surface area contributed by atoms with Gasteiger partial charge in [0, 0.05) is 16.4 Å². The van der Waals surface area contributed by atoms with E-state index in [-0.39, 0.29) is 12.4 Å². The number of rotatable bonds is 5. The largest absolute Gasteiger partial charge is 1.00 e. The number of aromatic nitrogens is 2. The quantitative estimate of drug-likeness (QED) is 0.492. The Hall–Kier alpha value is -1.71. The van der Waals surface area contributed by atoms with E-state index < -0.39 is 0 Å². The van der Waals surface area contributed by atoms with Gasteiger partial charge in [0.15, 0.2) is 6.54 Å². The molecule has 132 valence electrons. The Labute approximate surface area is 161 Å². The van der Waals surface area contributed by atoms with E-state index in [0.29, 0.717) is 5.25 Å². The fraction of sp³-hybridized carbons (Fsp3) is 0.286. The van der Waals surface area contributed by atoms with E-state index in [1.807, 2.05) is 11.8 Å². The molecule has 3 rings (SSSR count). The smallest absolute Gasteiger partial charge is 0.252 e. The van der Waals surface area contributed by atoms with Crippen molar-refractivity contribution in [1.82, 2.24) is 4.68 Å². The molecule has 1 heterocycles. The van der Waals surface area contributed by atoms with Gasteiger partial charge in [-0.3, -0.25) is 0 Å². The molecule has 0 radical (unpaired) electrons. The van der Waals surface area contributed by atoms with Crippen LogP contribution in [-0.4, -0.2) is 9.93 Å². The van der Waals surface area contributed by atoms with E-state index in [4.69, 9.17) is 0 Å². The predicted molar refractivity (Wildman–Crippen MR) is 103 cm³/mol. The highest BCUT2D eigenvalue weighted by atomic mass is 35.5. The molecule has 0 bridgehead atoms. The Balaban J connectivity index is 0.00000225. The van der Waals surface area contributed by atoms with Crippen molar-refractivity contribution in [1.29, 1.82) is 0 Å². The van der Waals surface area contributed by atoms with Crippen molar-refractivity contribution >= 4 is 11.8 Å². The number of benzene rings is 2. The first-order chi connectivity index (χ1) is 11.6. The molecule has 0 saturated carbocycles. The Morgan fingerprint density at radius 2 is 1.44 bits per heavy atom. The molecule has 0 amide bonds. The number of thioether (sulfide) groups is 1. The highest BCUT2D eigenvalue weighted by molar-refractivity contribution is 8.00. The molecule has 4 heteroatoms. The maximum absolute atomic E-state index is 2.38. The molecule has 1 aromatic heterocycles. The summed E-state index contributed by atoms with van der Waals surface area (Å²) in [5.74, 6) is 0. The topological polar surface area (TPSA) is 8.81 Å². The molecule has 2 nitrogen and oxygen atoms in total. The van der Waals surface area contributed by atoms with E-state index in [2.05, 4.69) is 97.8 Å². The zero-order valence-electron chi connectivity index (χ0n) is 15.2. The monoisotopic (exact) mass is 372 g/mol. The van der Waals surface area contributed by atoms with Crippen molar-refractivity contribution in [2.75, 3.05) is 0 Å². The maximum atomic E-state index is 2.38. The van der Waals surface area contributed by atoms with Crippen LogP contribution < -0.4 is 17.1 Å². The minimum Gasteiger partial charge on any atom is -1.00 e. The van der Waals surface area contributed by atoms with Crippen molar-refractivity contribution in [3.63, 3.8) is 0 Å². The van der Waals surface area contributed by atoms with Gasteiger partial charge < -0.3 is 12.4 Å². The van der Waals surface area contributed by atoms with Crippen LogP contribution in [0.5, 0.6) is 0 Å². The zero-order chi connectivity index (χ0) is 17.1. The SMILES string of the molecule is CC[n+]1c(-c2ccccc2)c(SC(C)C)c(-c2ccccc2)n1C.[Cl-]. The molecule has 0 aliphatic rings. The van der Waals surface area contributed by atoms with Crippen LogP contribution in [0, 0.1) is 0 Å². The molecule has 0 aliphatic carbocycles. The summed E-state index contributed by atoms with van der Waals surface area (Å²) in [6.45, 7) is 7.68. The lowest BCUT2D eigenvalue weighted by molar-refractivity contribution is -0.760. The minimum absolute atomic E-state index is 0. The third-order valence-corrected chi connectivity index (χ3v) is 5.22. The molecule has 0 atom stereocenters. The second kappa shape index (κ2) is 8.59. The minimum atomic E-state index is 0. The van der Waals surface area contributed by atoms with Crippen molar-refractivity contribution in [3.8, 4) is 22.5 Å². The van der Waals surface area contributed by atoms with Crippen molar-refractivity contribution in [2.24, 2.45) is 7.05 Å². The first-order valence-electron chi connectivity index (χ1n) is 8.53. The summed E-state index contributed by atoms with van der Waals surface area (Å²) in [6.07, 6.45) is 0. The number of hydrogen-bond acceptors (Lipinski definition) is 1. The average molecular weight is 373 g/mol. The van der Waals surface area contributed by atoms with Crippen molar-refractivity contribution < 1.29 is 17.1 Å². The molecule has 0 fully saturated rings. The Kier molecular flexibility index (Phi) is 6.74. The van der Waals surface area contributed by atoms with Gasteiger partial charge in [0.2, 0.25) is 0 Å². The third kappa shape index (κ3) is 3.94. The van der Waals surface area contributed by atoms with Gasteiger partial charge in [-0.2, -0.15) is 4.68 Å². The summed E-state index contributed by atoms with van der Waals surface area (Å²) in [5.41, 5.74) is 5.17. The van der Waals surface area contributed by atoms with Gasteiger partial charge in [-0.25, -0.2) is 0 Å². The van der Waals surface area contributed by atoms with Crippen LogP contribution in [-0.2, 0) is 13.6 Å². The average Bonchev–Trinajstić information content (AvgIpc) is 2.87. The van der Waals surface area contributed by atoms with Crippen molar-refractivity contribution in [3.05, 3.63) is 60.7 Å². The van der Waals surface area contributed by atoms with Gasteiger partial charge in [-0.1, -0.05) is 62.4 Å². The fourth-order valence-electron chi connectivity index (χ4n) is 3.15. The van der Waals surface area contributed by atoms with Crippen LogP contribution in [0.25, 0.3) is 22.5 Å². The highest BCUT2D eigenvalue weighted by Crippen LogP contribution is 2.39. The lowest BCUT2D eigenvalue weighted by Crippen LogP contribution is -3.00. The van der Waals surface area contributed by atoms with Crippen LogP contribution in [0.3, 0.4) is 0 Å². The summed E-state index contributed by atoms with van der Waals surface area (Å²) in [6, 6.07) is 21.5. The Bertz CT molecular complexity index is 811. The highest BCUT2D eigenvalue weighted by Gasteiger charge is 2.30. The molecule has 0 spiro atoms. The van der Waals surface area contributed by atoms with E-state index in [1.165, 1.54) is 27.4 Å². The van der Waals surface area contributed by atoms with E-state index in [0.717, 1.165) is 6.54 Å². The second-order valence-electron chi connectivity index (χ2n) is 6.16. The molecule has 0 saturated heterocycles. The summed E-state index contributed by atoms with van der Waals surface area (Å²) < 4.78 is 4.69. The lowest BCUT2D eigenvalue weighted by atomic mass is 10.1. The predicted octanol–water partition coefficient (Wildman–Crippen LogP) is 2.17. The Morgan fingerprint density at radius 1 is 0.920 bits per heavy atom. The normalized spacial score (nSPS) is 10.8. The molecular weight excluding hydrogens is 348 g/mol. The molecule has 0 aliphatic heterocycles. The Morgan fingerprint density at radius 3 is 1.92 bits per heavy atom. The van der Waals surface area contributed by atoms with Crippen LogP contribution >= 0.6 is 11.8 Å². The number of nitrogens with zero attached hydrogens (tertiary/aromatic N) is 2. The van der Waals surface area contributed by atoms with Gasteiger partial charge in [-0.05, 0) is 19.1 Å². The van der Waals surface area contributed by atoms with Gasteiger partial charge in [0.25, 0.3) is 5.69 Å². The summed E-state index contributed by atoms with van der Waals surface area (Å²) in [5, 5.41) is 0.530. The number of hydrogen-bond donors (Lipinski definition) is 0. The number of halogens is 1. The molecular formula is C21H25ClN2S. The summed E-state index contributed by atoms with van der Waals surface area (Å²) in [7, 11) is 2.17.